The molecule has 2 aliphatic heterocycles. The first-order valence-corrected chi connectivity index (χ1v) is 12.0. The molecule has 1 aromatic carbocycles. The number of piperazine rings is 1. The average molecular weight is 362 g/mol. The largest absolute Gasteiger partial charge is 0.543 e. The van der Waals surface area contributed by atoms with E-state index in [0.717, 1.165) is 36.5 Å². The van der Waals surface area contributed by atoms with Crippen molar-refractivity contribution in [2.45, 2.75) is 51.6 Å². The highest BCUT2D eigenvalue weighted by atomic mass is 28.4. The second-order valence-electron chi connectivity index (χ2n) is 8.81. The molecular formula is C19H31N3O2Si. The Kier molecular flexibility index (Phi) is 4.72. The Morgan fingerprint density at radius 2 is 2.00 bits per heavy atom. The van der Waals surface area contributed by atoms with Gasteiger partial charge in [-0.15, -0.1) is 0 Å². The molecule has 0 bridgehead atoms. The molecule has 5 nitrogen and oxygen atoms in total. The van der Waals surface area contributed by atoms with Crippen LogP contribution in [0.1, 0.15) is 36.7 Å². The maximum absolute atomic E-state index is 12.9. The molecule has 2 aliphatic rings. The molecule has 1 saturated heterocycles. The fraction of sp³-hybridized carbons (Fsp3) is 0.632. The summed E-state index contributed by atoms with van der Waals surface area (Å²) in [5.74, 6) is 1.01. The molecule has 25 heavy (non-hydrogen) atoms. The zero-order valence-electron chi connectivity index (χ0n) is 16.3. The van der Waals surface area contributed by atoms with E-state index in [1.807, 2.05) is 23.1 Å². The molecule has 0 spiro atoms. The maximum atomic E-state index is 12.9. The summed E-state index contributed by atoms with van der Waals surface area (Å²) in [6, 6.07) is 5.91. The molecule has 1 fully saturated rings. The molecule has 138 valence electrons. The van der Waals surface area contributed by atoms with Gasteiger partial charge < -0.3 is 14.2 Å². The molecule has 2 heterocycles. The van der Waals surface area contributed by atoms with Crippen LogP contribution in [-0.4, -0.2) is 56.9 Å². The van der Waals surface area contributed by atoms with Crippen molar-refractivity contribution in [3.63, 3.8) is 0 Å². The summed E-state index contributed by atoms with van der Waals surface area (Å²) in [6.45, 7) is 14.6. The van der Waals surface area contributed by atoms with E-state index >= 15 is 0 Å². The van der Waals surface area contributed by atoms with Gasteiger partial charge in [-0.3, -0.25) is 10.1 Å². The molecule has 6 heteroatoms. The number of rotatable bonds is 3. The molecule has 1 amide bonds. The number of nitrogens with zero attached hydrogens (tertiary/aromatic N) is 2. The number of fused-ring (bicyclic) bond motifs is 1. The second-order valence-corrected chi connectivity index (χ2v) is 13.5. The Morgan fingerprint density at radius 1 is 1.28 bits per heavy atom. The van der Waals surface area contributed by atoms with Crippen LogP contribution in [0, 0.1) is 0 Å². The molecule has 3 rings (SSSR count). The van der Waals surface area contributed by atoms with Gasteiger partial charge in [-0.1, -0.05) is 26.8 Å². The van der Waals surface area contributed by atoms with Crippen LogP contribution in [0.25, 0.3) is 0 Å². The van der Waals surface area contributed by atoms with Gasteiger partial charge in [-0.25, -0.2) is 0 Å². The van der Waals surface area contributed by atoms with Crippen molar-refractivity contribution in [1.29, 1.82) is 0 Å². The molecule has 1 N–H and O–H groups in total. The lowest BCUT2D eigenvalue weighted by molar-refractivity contribution is 0.0555. The standard InChI is InChI=1S/C19H31N3O2Si/c1-19(2,3)25(5,6)24-16-9-7-8-14-15(16)12-22(18(14)23)17-13-21(4)11-10-20-17/h7-9,17,20H,10-13H2,1-6H3. The highest BCUT2D eigenvalue weighted by Crippen LogP contribution is 2.40. The van der Waals surface area contributed by atoms with Gasteiger partial charge in [0.05, 0.1) is 12.7 Å². The number of carbonyl (C=O) groups excluding carboxylic acids is 1. The Bertz CT molecular complexity index is 669. The van der Waals surface area contributed by atoms with Gasteiger partial charge in [0, 0.05) is 30.8 Å². The van der Waals surface area contributed by atoms with Crippen molar-refractivity contribution < 1.29 is 9.22 Å². The lowest BCUT2D eigenvalue weighted by atomic mass is 10.1. The Balaban J connectivity index is 1.86. The van der Waals surface area contributed by atoms with Crippen molar-refractivity contribution in [3.05, 3.63) is 29.3 Å². The fourth-order valence-electron chi connectivity index (χ4n) is 3.18. The third kappa shape index (κ3) is 3.48. The minimum atomic E-state index is -1.94. The van der Waals surface area contributed by atoms with Crippen molar-refractivity contribution in [2.75, 3.05) is 26.7 Å². The van der Waals surface area contributed by atoms with Crippen LogP contribution in [0.15, 0.2) is 18.2 Å². The number of carbonyl (C=O) groups is 1. The summed E-state index contributed by atoms with van der Waals surface area (Å²) in [7, 11) is 0.168. The van der Waals surface area contributed by atoms with Gasteiger partial charge in [-0.05, 0) is 37.3 Å². The van der Waals surface area contributed by atoms with Crippen LogP contribution in [0.2, 0.25) is 18.1 Å². The number of benzene rings is 1. The van der Waals surface area contributed by atoms with Gasteiger partial charge in [0.2, 0.25) is 8.32 Å². The number of hydrogen-bond acceptors (Lipinski definition) is 4. The summed E-state index contributed by atoms with van der Waals surface area (Å²) in [5.41, 5.74) is 1.85. The predicted molar refractivity (Wildman–Crippen MR) is 103 cm³/mol. The molecular weight excluding hydrogens is 330 g/mol. The van der Waals surface area contributed by atoms with Crippen molar-refractivity contribution in [3.8, 4) is 5.75 Å². The maximum Gasteiger partial charge on any atom is 0.255 e. The topological polar surface area (TPSA) is 44.8 Å². The lowest BCUT2D eigenvalue weighted by Gasteiger charge is -2.37. The van der Waals surface area contributed by atoms with E-state index in [2.05, 4.69) is 51.1 Å². The van der Waals surface area contributed by atoms with Crippen molar-refractivity contribution >= 4 is 14.2 Å². The zero-order chi connectivity index (χ0) is 18.4. The Labute approximate surface area is 152 Å². The summed E-state index contributed by atoms with van der Waals surface area (Å²) in [4.78, 5) is 17.2. The van der Waals surface area contributed by atoms with E-state index in [0.29, 0.717) is 6.54 Å². The second kappa shape index (κ2) is 6.41. The highest BCUT2D eigenvalue weighted by molar-refractivity contribution is 6.74. The highest BCUT2D eigenvalue weighted by Gasteiger charge is 2.41. The number of nitrogens with one attached hydrogen (secondary N) is 1. The normalized spacial score (nSPS) is 22.2. The third-order valence-corrected chi connectivity index (χ3v) is 10.2. The van der Waals surface area contributed by atoms with E-state index < -0.39 is 8.32 Å². The van der Waals surface area contributed by atoms with Crippen LogP contribution in [-0.2, 0) is 6.54 Å². The van der Waals surface area contributed by atoms with Crippen molar-refractivity contribution in [2.24, 2.45) is 0 Å². The van der Waals surface area contributed by atoms with E-state index in [-0.39, 0.29) is 17.1 Å². The van der Waals surface area contributed by atoms with Gasteiger partial charge in [0.1, 0.15) is 5.75 Å². The molecule has 1 unspecified atom stereocenters. The predicted octanol–water partition coefficient (Wildman–Crippen LogP) is 2.89. The van der Waals surface area contributed by atoms with Crippen molar-refractivity contribution in [1.82, 2.24) is 15.1 Å². The number of hydrogen-bond donors (Lipinski definition) is 1. The smallest absolute Gasteiger partial charge is 0.255 e. The van der Waals surface area contributed by atoms with Gasteiger partial charge in [0.15, 0.2) is 0 Å². The van der Waals surface area contributed by atoms with Crippen LogP contribution in [0.4, 0.5) is 0 Å². The SMILES string of the molecule is CN1CCNC(N2Cc3c(O[Si](C)(C)C(C)(C)C)cccc3C2=O)C1. The van der Waals surface area contributed by atoms with E-state index in [1.165, 1.54) is 0 Å². The zero-order valence-corrected chi connectivity index (χ0v) is 17.3. The van der Waals surface area contributed by atoms with Crippen LogP contribution in [0.5, 0.6) is 5.75 Å². The monoisotopic (exact) mass is 361 g/mol. The first-order valence-electron chi connectivity index (χ1n) is 9.14. The minimum absolute atomic E-state index is 0.0689. The summed E-state index contributed by atoms with van der Waals surface area (Å²) >= 11 is 0. The first kappa shape index (κ1) is 18.4. The summed E-state index contributed by atoms with van der Waals surface area (Å²) in [6.07, 6.45) is 0.0689. The van der Waals surface area contributed by atoms with E-state index in [1.54, 1.807) is 0 Å². The molecule has 1 atom stereocenters. The third-order valence-electron chi connectivity index (χ3n) is 5.86. The number of amides is 1. The summed E-state index contributed by atoms with van der Waals surface area (Å²) in [5, 5.41) is 3.61. The van der Waals surface area contributed by atoms with Gasteiger partial charge in [-0.2, -0.15) is 0 Å². The van der Waals surface area contributed by atoms with Crippen LogP contribution < -0.4 is 9.74 Å². The number of likely N-dealkylation sites (N-methyl/N-ethyl adjacent to an activating group) is 1. The quantitative estimate of drug-likeness (QED) is 0.841. The van der Waals surface area contributed by atoms with Gasteiger partial charge in [0.25, 0.3) is 5.91 Å². The van der Waals surface area contributed by atoms with Gasteiger partial charge >= 0.3 is 0 Å². The molecule has 0 aromatic heterocycles. The molecule has 0 aliphatic carbocycles. The minimum Gasteiger partial charge on any atom is -0.543 e. The first-order chi connectivity index (χ1) is 11.6. The fourth-order valence-corrected chi connectivity index (χ4v) is 4.23. The van der Waals surface area contributed by atoms with Crippen LogP contribution in [0.3, 0.4) is 0 Å². The van der Waals surface area contributed by atoms with Crippen LogP contribution >= 0.6 is 0 Å². The molecule has 0 radical (unpaired) electrons. The van der Waals surface area contributed by atoms with E-state index in [9.17, 15) is 4.79 Å². The van der Waals surface area contributed by atoms with E-state index in [4.69, 9.17) is 4.43 Å². The molecule has 1 aromatic rings. The molecule has 0 saturated carbocycles. The Hall–Kier alpha value is -1.37. The summed E-state index contributed by atoms with van der Waals surface area (Å²) < 4.78 is 6.54. The Morgan fingerprint density at radius 3 is 2.64 bits per heavy atom. The average Bonchev–Trinajstić information content (AvgIpc) is 2.84. The lowest BCUT2D eigenvalue weighted by Crippen LogP contribution is -2.57.